The van der Waals surface area contributed by atoms with Crippen LogP contribution < -0.4 is 20.1 Å². The molecule has 1 aliphatic heterocycles. The average molecular weight is 403 g/mol. The van der Waals surface area contributed by atoms with Crippen molar-refractivity contribution < 1.29 is 23.8 Å². The second-order valence-corrected chi connectivity index (χ2v) is 7.66. The zero-order valence-corrected chi connectivity index (χ0v) is 16.3. The number of hydrogen-bond donors (Lipinski definition) is 2. The Kier molecular flexibility index (Phi) is 5.45. The maximum Gasteiger partial charge on any atom is 0.257 e. The van der Waals surface area contributed by atoms with Gasteiger partial charge in [0.25, 0.3) is 5.91 Å². The maximum atomic E-state index is 12.6. The number of aryl methyl sites for hydroxylation is 1. The Hall–Kier alpha value is -2.65. The number of carbonyl (C=O) groups excluding carboxylic acids is 2. The molecule has 0 saturated carbocycles. The number of nitrogens with zero attached hydrogens (tertiary/aromatic N) is 1. The first kappa shape index (κ1) is 18.7. The summed E-state index contributed by atoms with van der Waals surface area (Å²) in [6.45, 7) is 1.10. The van der Waals surface area contributed by atoms with Crippen molar-refractivity contribution in [1.29, 1.82) is 0 Å². The number of methoxy groups -OCH3 is 1. The normalized spacial score (nSPS) is 17.1. The van der Waals surface area contributed by atoms with Gasteiger partial charge in [-0.25, -0.2) is 4.98 Å². The van der Waals surface area contributed by atoms with E-state index in [0.29, 0.717) is 35.3 Å². The van der Waals surface area contributed by atoms with Crippen molar-refractivity contribution in [2.24, 2.45) is 0 Å². The summed E-state index contributed by atoms with van der Waals surface area (Å²) in [7, 11) is 1.60. The van der Waals surface area contributed by atoms with Crippen LogP contribution in [-0.4, -0.2) is 43.9 Å². The maximum absolute atomic E-state index is 12.6. The van der Waals surface area contributed by atoms with Crippen LogP contribution in [0.1, 0.15) is 39.7 Å². The minimum Gasteiger partial charge on any atom is -0.454 e. The molecule has 1 aliphatic carbocycles. The highest BCUT2D eigenvalue weighted by Gasteiger charge is 2.30. The second-order valence-electron chi connectivity index (χ2n) is 6.58. The van der Waals surface area contributed by atoms with Gasteiger partial charge in [-0.15, -0.1) is 11.3 Å². The molecule has 9 heteroatoms. The van der Waals surface area contributed by atoms with Gasteiger partial charge in [-0.2, -0.15) is 0 Å². The third-order valence-electron chi connectivity index (χ3n) is 4.73. The monoisotopic (exact) mass is 403 g/mol. The lowest BCUT2D eigenvalue weighted by Crippen LogP contribution is -2.33. The van der Waals surface area contributed by atoms with E-state index in [0.717, 1.165) is 29.8 Å². The number of hydrogen-bond acceptors (Lipinski definition) is 7. The Morgan fingerprint density at radius 2 is 2.18 bits per heavy atom. The Morgan fingerprint density at radius 3 is 3.04 bits per heavy atom. The van der Waals surface area contributed by atoms with E-state index in [9.17, 15) is 9.59 Å². The lowest BCUT2D eigenvalue weighted by atomic mass is 9.90. The molecule has 2 heterocycles. The van der Waals surface area contributed by atoms with Crippen molar-refractivity contribution in [3.63, 3.8) is 0 Å². The molecular weight excluding hydrogens is 382 g/mol. The van der Waals surface area contributed by atoms with E-state index in [-0.39, 0.29) is 24.5 Å². The van der Waals surface area contributed by atoms with Crippen LogP contribution in [-0.2, 0) is 16.0 Å². The highest BCUT2D eigenvalue weighted by molar-refractivity contribution is 7.16. The number of amides is 2. The minimum atomic E-state index is -0.284. The topological polar surface area (TPSA) is 98.8 Å². The summed E-state index contributed by atoms with van der Waals surface area (Å²) in [5, 5.41) is 6.22. The second kappa shape index (κ2) is 8.15. The molecule has 8 nitrogen and oxygen atoms in total. The van der Waals surface area contributed by atoms with Crippen LogP contribution >= 0.6 is 11.3 Å². The SMILES string of the molecule is COCCNC(=O)[C@H]1CCCc2sc(NC(=O)c3ccc4c(c3)OCO4)nc21. The summed E-state index contributed by atoms with van der Waals surface area (Å²) in [5.74, 6) is 0.581. The van der Waals surface area contributed by atoms with Gasteiger partial charge in [-0.05, 0) is 37.5 Å². The minimum absolute atomic E-state index is 0.0445. The number of benzene rings is 1. The Morgan fingerprint density at radius 1 is 1.32 bits per heavy atom. The third-order valence-corrected chi connectivity index (χ3v) is 5.78. The molecule has 2 aromatic rings. The lowest BCUT2D eigenvalue weighted by Gasteiger charge is -2.20. The number of carbonyl (C=O) groups is 2. The Bertz CT molecular complexity index is 898. The zero-order valence-electron chi connectivity index (χ0n) is 15.4. The summed E-state index contributed by atoms with van der Waals surface area (Å²) in [4.78, 5) is 30.7. The van der Waals surface area contributed by atoms with Crippen LogP contribution in [0, 0.1) is 0 Å². The van der Waals surface area contributed by atoms with Crippen molar-refractivity contribution >= 4 is 28.3 Å². The molecule has 0 spiro atoms. The molecule has 28 heavy (non-hydrogen) atoms. The number of ether oxygens (including phenoxy) is 3. The molecular formula is C19H21N3O5S. The lowest BCUT2D eigenvalue weighted by molar-refractivity contribution is -0.123. The zero-order chi connectivity index (χ0) is 19.5. The van der Waals surface area contributed by atoms with E-state index < -0.39 is 0 Å². The van der Waals surface area contributed by atoms with E-state index in [1.807, 2.05) is 0 Å². The van der Waals surface area contributed by atoms with E-state index in [4.69, 9.17) is 14.2 Å². The molecule has 2 N–H and O–H groups in total. The number of anilines is 1. The van der Waals surface area contributed by atoms with Crippen molar-refractivity contribution in [2.75, 3.05) is 32.4 Å². The molecule has 0 saturated heterocycles. The van der Waals surface area contributed by atoms with Crippen LogP contribution in [0.4, 0.5) is 5.13 Å². The Labute approximate surface area is 166 Å². The number of fused-ring (bicyclic) bond motifs is 2. The summed E-state index contributed by atoms with van der Waals surface area (Å²) in [6.07, 6.45) is 2.55. The van der Waals surface area contributed by atoms with E-state index in [1.54, 1.807) is 25.3 Å². The first-order valence-corrected chi connectivity index (χ1v) is 9.94. The number of thiazole rings is 1. The molecule has 4 rings (SSSR count). The van der Waals surface area contributed by atoms with Gasteiger partial charge >= 0.3 is 0 Å². The fourth-order valence-electron chi connectivity index (χ4n) is 3.33. The fourth-order valence-corrected chi connectivity index (χ4v) is 4.39. The van der Waals surface area contributed by atoms with Crippen LogP contribution in [0.25, 0.3) is 0 Å². The van der Waals surface area contributed by atoms with Crippen LogP contribution in [0.5, 0.6) is 11.5 Å². The highest BCUT2D eigenvalue weighted by atomic mass is 32.1. The van der Waals surface area contributed by atoms with Crippen LogP contribution in [0.3, 0.4) is 0 Å². The first-order chi connectivity index (χ1) is 13.7. The van der Waals surface area contributed by atoms with Crippen molar-refractivity contribution in [3.8, 4) is 11.5 Å². The van der Waals surface area contributed by atoms with Gasteiger partial charge in [0.2, 0.25) is 12.7 Å². The summed E-state index contributed by atoms with van der Waals surface area (Å²) in [5.41, 5.74) is 1.23. The Balaban J connectivity index is 1.46. The quantitative estimate of drug-likeness (QED) is 0.718. The molecule has 0 radical (unpaired) electrons. The molecule has 0 unspecified atom stereocenters. The van der Waals surface area contributed by atoms with E-state index in [2.05, 4.69) is 15.6 Å². The van der Waals surface area contributed by atoms with Gasteiger partial charge in [0.15, 0.2) is 16.6 Å². The number of nitrogens with one attached hydrogen (secondary N) is 2. The predicted octanol–water partition coefficient (Wildman–Crippen LogP) is 2.31. The van der Waals surface area contributed by atoms with E-state index >= 15 is 0 Å². The number of aromatic nitrogens is 1. The third kappa shape index (κ3) is 3.81. The number of rotatable bonds is 6. The van der Waals surface area contributed by atoms with Crippen molar-refractivity contribution in [1.82, 2.24) is 10.3 Å². The smallest absolute Gasteiger partial charge is 0.257 e. The molecule has 0 fully saturated rings. The summed E-state index contributed by atoms with van der Waals surface area (Å²) >= 11 is 1.43. The molecule has 2 aliphatic rings. The van der Waals surface area contributed by atoms with Crippen molar-refractivity contribution in [2.45, 2.75) is 25.2 Å². The van der Waals surface area contributed by atoms with Gasteiger partial charge < -0.3 is 19.5 Å². The molecule has 148 valence electrons. The predicted molar refractivity (Wildman–Crippen MR) is 103 cm³/mol. The molecule has 1 aromatic carbocycles. The van der Waals surface area contributed by atoms with Gasteiger partial charge in [-0.3, -0.25) is 14.9 Å². The van der Waals surface area contributed by atoms with Gasteiger partial charge in [-0.1, -0.05) is 0 Å². The summed E-state index contributed by atoms with van der Waals surface area (Å²) < 4.78 is 15.6. The van der Waals surface area contributed by atoms with Crippen LogP contribution in [0.15, 0.2) is 18.2 Å². The standard InChI is InChI=1S/C19H21N3O5S/c1-25-8-7-20-18(24)12-3-2-4-15-16(12)21-19(28-15)22-17(23)11-5-6-13-14(9-11)27-10-26-13/h5-6,9,12H,2-4,7-8,10H2,1H3,(H,20,24)(H,21,22,23)/t12-/m0/s1. The molecule has 1 atom stereocenters. The fraction of sp³-hybridized carbons (Fsp3) is 0.421. The van der Waals surface area contributed by atoms with Gasteiger partial charge in [0.1, 0.15) is 0 Å². The largest absolute Gasteiger partial charge is 0.454 e. The van der Waals surface area contributed by atoms with E-state index in [1.165, 1.54) is 11.3 Å². The van der Waals surface area contributed by atoms with Gasteiger partial charge in [0, 0.05) is 24.1 Å². The van der Waals surface area contributed by atoms with Gasteiger partial charge in [0.05, 0.1) is 18.2 Å². The highest BCUT2D eigenvalue weighted by Crippen LogP contribution is 2.37. The average Bonchev–Trinajstić information content (AvgIpc) is 3.33. The van der Waals surface area contributed by atoms with Crippen LogP contribution in [0.2, 0.25) is 0 Å². The molecule has 0 bridgehead atoms. The molecule has 2 amide bonds. The molecule has 1 aromatic heterocycles. The van der Waals surface area contributed by atoms with Crippen molar-refractivity contribution in [3.05, 3.63) is 34.3 Å². The summed E-state index contributed by atoms with van der Waals surface area (Å²) in [6, 6.07) is 5.05. The first-order valence-electron chi connectivity index (χ1n) is 9.13.